The van der Waals surface area contributed by atoms with Crippen LogP contribution in [0.2, 0.25) is 0 Å². The molecule has 3 N–H and O–H groups in total. The maximum Gasteiger partial charge on any atom is 0.316 e. The summed E-state index contributed by atoms with van der Waals surface area (Å²) >= 11 is 0. The first-order valence-electron chi connectivity index (χ1n) is 9.91. The number of hydrogen-bond donors (Lipinski definition) is 3. The Morgan fingerprint density at radius 1 is 1.15 bits per heavy atom. The van der Waals surface area contributed by atoms with Crippen molar-refractivity contribution in [2.45, 2.75) is 25.4 Å². The van der Waals surface area contributed by atoms with Gasteiger partial charge in [-0.2, -0.15) is 0 Å². The molecule has 1 aliphatic rings. The summed E-state index contributed by atoms with van der Waals surface area (Å²) in [6.07, 6.45) is 0.818. The number of halogens is 2. The summed E-state index contributed by atoms with van der Waals surface area (Å²) < 4.78 is 27.8. The van der Waals surface area contributed by atoms with Gasteiger partial charge in [-0.25, -0.2) is 13.6 Å². The molecule has 2 aromatic rings. The lowest BCUT2D eigenvalue weighted by atomic mass is 9.97. The summed E-state index contributed by atoms with van der Waals surface area (Å²) in [7, 11) is 1.44. The number of urea groups is 1. The molecule has 3 amide bonds. The maximum atomic E-state index is 14.2. The van der Waals surface area contributed by atoms with Crippen molar-refractivity contribution in [3.63, 3.8) is 0 Å². The van der Waals surface area contributed by atoms with Crippen molar-refractivity contribution >= 4 is 23.7 Å². The van der Waals surface area contributed by atoms with E-state index in [4.69, 9.17) is 0 Å². The zero-order valence-electron chi connectivity index (χ0n) is 17.8. The molecule has 33 heavy (non-hydrogen) atoms. The SMILES string of the molecule is CC1=CN(C)C(=O)C(NC(=O)NC(CC(=O)O)c2cccc(-c3cccc(F)c3F)c2)C1=O. The van der Waals surface area contributed by atoms with Crippen molar-refractivity contribution in [3.05, 3.63) is 71.4 Å². The van der Waals surface area contributed by atoms with Crippen LogP contribution in [0.4, 0.5) is 13.6 Å². The first-order valence-corrected chi connectivity index (χ1v) is 9.91. The predicted molar refractivity (Wildman–Crippen MR) is 114 cm³/mol. The van der Waals surface area contributed by atoms with Gasteiger partial charge in [0.25, 0.3) is 5.91 Å². The van der Waals surface area contributed by atoms with E-state index < -0.39 is 53.8 Å². The summed E-state index contributed by atoms with van der Waals surface area (Å²) in [6.45, 7) is 1.50. The number of amides is 3. The molecule has 3 rings (SSSR count). The smallest absolute Gasteiger partial charge is 0.316 e. The van der Waals surface area contributed by atoms with Crippen LogP contribution in [0, 0.1) is 11.6 Å². The minimum Gasteiger partial charge on any atom is -0.481 e. The van der Waals surface area contributed by atoms with Gasteiger partial charge in [0.2, 0.25) is 0 Å². The lowest BCUT2D eigenvalue weighted by Gasteiger charge is -2.27. The van der Waals surface area contributed by atoms with Crippen molar-refractivity contribution in [3.8, 4) is 11.1 Å². The summed E-state index contributed by atoms with van der Waals surface area (Å²) in [6, 6.07) is 6.21. The van der Waals surface area contributed by atoms with Crippen LogP contribution in [0.1, 0.15) is 24.9 Å². The van der Waals surface area contributed by atoms with Gasteiger partial charge in [-0.05, 0) is 30.2 Å². The molecule has 2 aromatic carbocycles. The molecule has 2 atom stereocenters. The van der Waals surface area contributed by atoms with E-state index in [9.17, 15) is 33.1 Å². The van der Waals surface area contributed by atoms with E-state index in [-0.39, 0.29) is 16.7 Å². The number of rotatable bonds is 6. The van der Waals surface area contributed by atoms with Gasteiger partial charge in [0.05, 0.1) is 12.5 Å². The second-order valence-electron chi connectivity index (χ2n) is 7.55. The van der Waals surface area contributed by atoms with E-state index in [1.165, 1.54) is 61.5 Å². The molecule has 8 nitrogen and oxygen atoms in total. The number of carbonyl (C=O) groups is 4. The van der Waals surface area contributed by atoms with Gasteiger partial charge in [-0.15, -0.1) is 0 Å². The monoisotopic (exact) mass is 457 g/mol. The maximum absolute atomic E-state index is 14.2. The molecule has 0 bridgehead atoms. The molecule has 0 saturated heterocycles. The van der Waals surface area contributed by atoms with Crippen LogP contribution in [0.15, 0.2) is 54.2 Å². The third kappa shape index (κ3) is 5.22. The summed E-state index contributed by atoms with van der Waals surface area (Å²) in [5.41, 5.74) is 0.832. The van der Waals surface area contributed by atoms with Crippen molar-refractivity contribution in [1.29, 1.82) is 0 Å². The molecule has 0 spiro atoms. The number of carboxylic acid groups (broad SMARTS) is 1. The number of carboxylic acids is 1. The lowest BCUT2D eigenvalue weighted by Crippen LogP contribution is -2.56. The highest BCUT2D eigenvalue weighted by Gasteiger charge is 2.35. The molecular weight excluding hydrogens is 436 g/mol. The van der Waals surface area contributed by atoms with Gasteiger partial charge in [-0.3, -0.25) is 14.4 Å². The fourth-order valence-electron chi connectivity index (χ4n) is 3.50. The molecule has 1 aliphatic heterocycles. The number of aliphatic carboxylic acids is 1. The number of Topliss-reactive ketones (excluding diaryl/α,β-unsaturated/α-hetero) is 1. The summed E-state index contributed by atoms with van der Waals surface area (Å²) in [4.78, 5) is 49.7. The van der Waals surface area contributed by atoms with E-state index >= 15 is 0 Å². The number of hydrogen-bond acceptors (Lipinski definition) is 4. The largest absolute Gasteiger partial charge is 0.481 e. The van der Waals surface area contributed by atoms with Gasteiger partial charge >= 0.3 is 12.0 Å². The standard InChI is InChI=1S/C23H21F2N3O5/c1-12-11-28(2)22(32)20(21(12)31)27-23(33)26-17(10-18(29)30)14-6-3-5-13(9-14)15-7-4-8-16(24)19(15)25/h3-9,11,17,20H,10H2,1-2H3,(H,29,30)(H2,26,27,33). The van der Waals surface area contributed by atoms with Gasteiger partial charge in [-0.1, -0.05) is 30.3 Å². The molecule has 10 heteroatoms. The van der Waals surface area contributed by atoms with Crippen molar-refractivity contribution in [1.82, 2.24) is 15.5 Å². The van der Waals surface area contributed by atoms with Crippen LogP contribution in [0.3, 0.4) is 0 Å². The summed E-state index contributed by atoms with van der Waals surface area (Å²) in [5, 5.41) is 14.0. The lowest BCUT2D eigenvalue weighted by molar-refractivity contribution is -0.138. The Labute approximate surface area is 187 Å². The van der Waals surface area contributed by atoms with Gasteiger partial charge in [0, 0.05) is 24.4 Å². The number of likely N-dealkylation sites (N-methyl/N-ethyl adjacent to an activating group) is 1. The van der Waals surface area contributed by atoms with E-state index in [1.54, 1.807) is 0 Å². The zero-order chi connectivity index (χ0) is 24.3. The second-order valence-corrected chi connectivity index (χ2v) is 7.55. The normalized spacial score (nSPS) is 16.8. The third-order valence-electron chi connectivity index (χ3n) is 5.14. The number of benzene rings is 2. The van der Waals surface area contributed by atoms with Crippen molar-refractivity contribution in [2.24, 2.45) is 0 Å². The minimum atomic E-state index is -1.45. The van der Waals surface area contributed by atoms with Gasteiger partial charge in [0.1, 0.15) is 0 Å². The quantitative estimate of drug-likeness (QED) is 0.577. The highest BCUT2D eigenvalue weighted by Crippen LogP contribution is 2.28. The van der Waals surface area contributed by atoms with Crippen molar-refractivity contribution in [2.75, 3.05) is 7.05 Å². The Kier molecular flexibility index (Phi) is 6.86. The number of carbonyl (C=O) groups excluding carboxylic acids is 3. The molecule has 2 unspecified atom stereocenters. The molecule has 1 heterocycles. The van der Waals surface area contributed by atoms with Crippen LogP contribution >= 0.6 is 0 Å². The molecule has 0 aromatic heterocycles. The Hall–Kier alpha value is -4.08. The van der Waals surface area contributed by atoms with Crippen LogP contribution in [-0.4, -0.2) is 46.8 Å². The fourth-order valence-corrected chi connectivity index (χ4v) is 3.50. The van der Waals surface area contributed by atoms with Gasteiger partial charge in [0.15, 0.2) is 23.5 Å². The molecule has 0 aliphatic carbocycles. The highest BCUT2D eigenvalue weighted by molar-refractivity contribution is 6.16. The van der Waals surface area contributed by atoms with Crippen LogP contribution < -0.4 is 10.6 Å². The van der Waals surface area contributed by atoms with E-state index in [0.717, 1.165) is 6.07 Å². The molecule has 0 fully saturated rings. The average molecular weight is 457 g/mol. The topological polar surface area (TPSA) is 116 Å². The Morgan fingerprint density at radius 3 is 2.55 bits per heavy atom. The first kappa shape index (κ1) is 23.6. The van der Waals surface area contributed by atoms with Crippen LogP contribution in [0.25, 0.3) is 11.1 Å². The predicted octanol–water partition coefficient (Wildman–Crippen LogP) is 2.76. The first-order chi connectivity index (χ1) is 15.6. The fraction of sp³-hybridized carbons (Fsp3) is 0.217. The Balaban J connectivity index is 1.85. The molecule has 0 radical (unpaired) electrons. The molecule has 0 saturated carbocycles. The van der Waals surface area contributed by atoms with E-state index in [1.807, 2.05) is 0 Å². The second kappa shape index (κ2) is 9.60. The van der Waals surface area contributed by atoms with Crippen LogP contribution in [-0.2, 0) is 14.4 Å². The van der Waals surface area contributed by atoms with Gasteiger partial charge < -0.3 is 20.6 Å². The Morgan fingerprint density at radius 2 is 1.85 bits per heavy atom. The minimum absolute atomic E-state index is 0.0286. The zero-order valence-corrected chi connectivity index (χ0v) is 17.8. The molecular formula is C23H21F2N3O5. The third-order valence-corrected chi connectivity index (χ3v) is 5.14. The van der Waals surface area contributed by atoms with Crippen LogP contribution in [0.5, 0.6) is 0 Å². The number of nitrogens with one attached hydrogen (secondary N) is 2. The average Bonchev–Trinajstić information content (AvgIpc) is 2.76. The van der Waals surface area contributed by atoms with E-state index in [0.29, 0.717) is 5.56 Å². The number of nitrogens with zero attached hydrogens (tertiary/aromatic N) is 1. The van der Waals surface area contributed by atoms with E-state index in [2.05, 4.69) is 10.6 Å². The highest BCUT2D eigenvalue weighted by atomic mass is 19.2. The van der Waals surface area contributed by atoms with Crippen molar-refractivity contribution < 1.29 is 33.1 Å². The molecule has 172 valence electrons. The Bertz CT molecular complexity index is 1160. The summed E-state index contributed by atoms with van der Waals surface area (Å²) in [5.74, 6) is -4.54. The number of ketones is 1.